The van der Waals surface area contributed by atoms with Crippen LogP contribution in [0, 0.1) is 17.3 Å². The molecule has 0 amide bonds. The zero-order valence-corrected chi connectivity index (χ0v) is 13.0. The van der Waals surface area contributed by atoms with Crippen molar-refractivity contribution >= 4 is 5.97 Å². The predicted octanol–water partition coefficient (Wildman–Crippen LogP) is 2.13. The average Bonchev–Trinajstić information content (AvgIpc) is 2.98. The molecule has 2 rings (SSSR count). The van der Waals surface area contributed by atoms with Gasteiger partial charge in [-0.25, -0.2) is 0 Å². The molecule has 1 aliphatic rings. The Morgan fingerprint density at radius 3 is 2.43 bits per heavy atom. The van der Waals surface area contributed by atoms with Crippen LogP contribution < -0.4 is 0 Å². The molecule has 0 saturated heterocycles. The topological polar surface area (TPSA) is 66.8 Å². The van der Waals surface area contributed by atoms with Crippen LogP contribution in [0.5, 0.6) is 0 Å². The lowest BCUT2D eigenvalue weighted by atomic mass is 9.93. The Hall–Kier alpha value is -1.39. The highest BCUT2D eigenvalue weighted by Crippen LogP contribution is 2.61. The number of esters is 1. The van der Waals surface area contributed by atoms with Crippen molar-refractivity contribution < 1.29 is 19.7 Å². The number of aliphatic hydroxyl groups excluding tert-OH is 1. The third-order valence-electron chi connectivity index (χ3n) is 4.45. The molecule has 4 nitrogen and oxygen atoms in total. The number of hydrogen-bond acceptors (Lipinski definition) is 4. The number of hydrogen-bond donors (Lipinski definition) is 2. The monoisotopic (exact) mass is 292 g/mol. The number of carbonyl (C=O) groups excluding carboxylic acids is 1. The molecule has 116 valence electrons. The minimum atomic E-state index is -1.23. The van der Waals surface area contributed by atoms with E-state index in [1.165, 1.54) is 0 Å². The van der Waals surface area contributed by atoms with E-state index in [9.17, 15) is 15.0 Å². The standard InChI is InChI=1S/C17H24O4/c1-16(2)12(14(18)17(3,4)20)13(16)15(19)21-10-11-8-6-5-7-9-11/h5-9,12-14,18,20H,10H2,1-4H3. The summed E-state index contributed by atoms with van der Waals surface area (Å²) >= 11 is 0. The van der Waals surface area contributed by atoms with E-state index in [-0.39, 0.29) is 29.8 Å². The summed E-state index contributed by atoms with van der Waals surface area (Å²) in [5, 5.41) is 20.1. The van der Waals surface area contributed by atoms with Crippen molar-refractivity contribution in [2.45, 2.75) is 46.0 Å². The van der Waals surface area contributed by atoms with Crippen molar-refractivity contribution in [2.24, 2.45) is 17.3 Å². The van der Waals surface area contributed by atoms with Gasteiger partial charge in [0.2, 0.25) is 0 Å². The normalized spacial score (nSPS) is 25.2. The van der Waals surface area contributed by atoms with Gasteiger partial charge in [0.25, 0.3) is 0 Å². The van der Waals surface area contributed by atoms with Crippen molar-refractivity contribution in [2.75, 3.05) is 0 Å². The average molecular weight is 292 g/mol. The lowest BCUT2D eigenvalue weighted by Crippen LogP contribution is -2.39. The zero-order valence-electron chi connectivity index (χ0n) is 13.0. The minimum absolute atomic E-state index is 0.234. The van der Waals surface area contributed by atoms with Gasteiger partial charge in [0.15, 0.2) is 0 Å². The van der Waals surface area contributed by atoms with Crippen molar-refractivity contribution in [3.63, 3.8) is 0 Å². The summed E-state index contributed by atoms with van der Waals surface area (Å²) in [5.41, 5.74) is -0.646. The maximum absolute atomic E-state index is 12.2. The second kappa shape index (κ2) is 5.43. The first kappa shape index (κ1) is 16.0. The lowest BCUT2D eigenvalue weighted by molar-refractivity contribution is -0.148. The predicted molar refractivity (Wildman–Crippen MR) is 79.3 cm³/mol. The Morgan fingerprint density at radius 1 is 1.33 bits per heavy atom. The Balaban J connectivity index is 1.97. The van der Waals surface area contributed by atoms with Gasteiger partial charge in [0, 0.05) is 5.92 Å². The molecule has 3 atom stereocenters. The van der Waals surface area contributed by atoms with Gasteiger partial charge in [0.1, 0.15) is 6.61 Å². The molecule has 0 bridgehead atoms. The van der Waals surface area contributed by atoms with Crippen LogP contribution in [-0.4, -0.2) is 27.9 Å². The molecule has 0 heterocycles. The van der Waals surface area contributed by atoms with Gasteiger partial charge in [-0.2, -0.15) is 0 Å². The summed E-state index contributed by atoms with van der Waals surface area (Å²) in [7, 11) is 0. The van der Waals surface area contributed by atoms with Crippen LogP contribution in [0.1, 0.15) is 33.3 Å². The molecule has 1 saturated carbocycles. The second-order valence-corrected chi connectivity index (χ2v) is 7.02. The first-order chi connectivity index (χ1) is 9.65. The second-order valence-electron chi connectivity index (χ2n) is 7.02. The molecule has 4 heteroatoms. The lowest BCUT2D eigenvalue weighted by Gasteiger charge is -2.25. The number of ether oxygens (including phenoxy) is 1. The molecular weight excluding hydrogens is 268 g/mol. The smallest absolute Gasteiger partial charge is 0.310 e. The fourth-order valence-electron chi connectivity index (χ4n) is 2.97. The molecule has 1 aromatic carbocycles. The van der Waals surface area contributed by atoms with Crippen molar-refractivity contribution in [1.82, 2.24) is 0 Å². The minimum Gasteiger partial charge on any atom is -0.461 e. The van der Waals surface area contributed by atoms with Gasteiger partial charge in [-0.3, -0.25) is 4.79 Å². The van der Waals surface area contributed by atoms with Crippen LogP contribution in [0.2, 0.25) is 0 Å². The summed E-state index contributed by atoms with van der Waals surface area (Å²) in [6.45, 7) is 7.18. The summed E-state index contributed by atoms with van der Waals surface area (Å²) in [4.78, 5) is 12.2. The fraction of sp³-hybridized carbons (Fsp3) is 0.588. The molecule has 2 N–H and O–H groups in total. The van der Waals surface area contributed by atoms with Gasteiger partial charge in [-0.05, 0) is 24.8 Å². The Labute approximate surface area is 125 Å². The number of rotatable bonds is 5. The third-order valence-corrected chi connectivity index (χ3v) is 4.45. The zero-order chi connectivity index (χ0) is 15.8. The van der Waals surface area contributed by atoms with Gasteiger partial charge in [0.05, 0.1) is 17.6 Å². The molecule has 0 spiro atoms. The van der Waals surface area contributed by atoms with Crippen molar-refractivity contribution in [3.8, 4) is 0 Å². The van der Waals surface area contributed by atoms with E-state index in [2.05, 4.69) is 0 Å². The first-order valence-corrected chi connectivity index (χ1v) is 7.26. The van der Waals surface area contributed by atoms with Crippen LogP contribution in [-0.2, 0) is 16.1 Å². The van der Waals surface area contributed by atoms with E-state index in [1.807, 2.05) is 44.2 Å². The first-order valence-electron chi connectivity index (χ1n) is 7.26. The van der Waals surface area contributed by atoms with Gasteiger partial charge < -0.3 is 14.9 Å². The molecular formula is C17H24O4. The molecule has 3 unspecified atom stereocenters. The maximum Gasteiger partial charge on any atom is 0.310 e. The molecule has 21 heavy (non-hydrogen) atoms. The summed E-state index contributed by atoms with van der Waals surface area (Å²) in [6, 6.07) is 9.49. The van der Waals surface area contributed by atoms with E-state index < -0.39 is 11.7 Å². The largest absolute Gasteiger partial charge is 0.461 e. The Kier molecular flexibility index (Phi) is 4.13. The van der Waals surface area contributed by atoms with E-state index >= 15 is 0 Å². The van der Waals surface area contributed by atoms with E-state index in [1.54, 1.807) is 13.8 Å². The Morgan fingerprint density at radius 2 is 1.90 bits per heavy atom. The van der Waals surface area contributed by atoms with E-state index in [0.29, 0.717) is 0 Å². The highest BCUT2D eigenvalue weighted by atomic mass is 16.5. The molecule has 0 aliphatic heterocycles. The van der Waals surface area contributed by atoms with Crippen LogP contribution in [0.25, 0.3) is 0 Å². The van der Waals surface area contributed by atoms with Gasteiger partial charge in [-0.15, -0.1) is 0 Å². The van der Waals surface area contributed by atoms with Crippen molar-refractivity contribution in [1.29, 1.82) is 0 Å². The summed E-state index contributed by atoms with van der Waals surface area (Å²) < 4.78 is 5.35. The van der Waals surface area contributed by atoms with E-state index in [4.69, 9.17) is 4.74 Å². The third kappa shape index (κ3) is 3.27. The molecule has 0 aromatic heterocycles. The van der Waals surface area contributed by atoms with E-state index in [0.717, 1.165) is 5.56 Å². The maximum atomic E-state index is 12.2. The van der Waals surface area contributed by atoms with Crippen LogP contribution in [0.4, 0.5) is 0 Å². The quantitative estimate of drug-likeness (QED) is 0.816. The highest BCUT2D eigenvalue weighted by molar-refractivity contribution is 5.77. The van der Waals surface area contributed by atoms with Crippen molar-refractivity contribution in [3.05, 3.63) is 35.9 Å². The summed E-state index contributed by atoms with van der Waals surface area (Å²) in [6.07, 6.45) is -0.943. The van der Waals surface area contributed by atoms with Gasteiger partial charge in [-0.1, -0.05) is 44.2 Å². The van der Waals surface area contributed by atoms with Gasteiger partial charge >= 0.3 is 5.97 Å². The Bertz CT molecular complexity index is 501. The molecule has 0 radical (unpaired) electrons. The molecule has 1 aromatic rings. The number of carbonyl (C=O) groups is 1. The van der Waals surface area contributed by atoms with Crippen LogP contribution >= 0.6 is 0 Å². The number of benzene rings is 1. The molecule has 1 fully saturated rings. The highest BCUT2D eigenvalue weighted by Gasteiger charge is 2.67. The molecule has 1 aliphatic carbocycles. The fourth-order valence-corrected chi connectivity index (χ4v) is 2.97. The summed E-state index contributed by atoms with van der Waals surface area (Å²) in [5.74, 6) is -0.958. The SMILES string of the molecule is CC(C)(O)C(O)C1C(C(=O)OCc2ccccc2)C1(C)C. The number of aliphatic hydroxyl groups is 2. The van der Waals surface area contributed by atoms with Crippen LogP contribution in [0.3, 0.4) is 0 Å². The van der Waals surface area contributed by atoms with Crippen LogP contribution in [0.15, 0.2) is 30.3 Å².